The molecule has 1 aliphatic heterocycles. The summed E-state index contributed by atoms with van der Waals surface area (Å²) in [7, 11) is 0. The number of amides is 2. The molecule has 144 valence electrons. The number of aromatic nitrogens is 2. The van der Waals surface area contributed by atoms with Crippen LogP contribution in [0.2, 0.25) is 0 Å². The van der Waals surface area contributed by atoms with Crippen LogP contribution in [0.4, 0.5) is 5.13 Å². The van der Waals surface area contributed by atoms with Gasteiger partial charge in [0.2, 0.25) is 16.9 Å². The van der Waals surface area contributed by atoms with Gasteiger partial charge in [-0.15, -0.1) is 22.0 Å². The van der Waals surface area contributed by atoms with Crippen LogP contribution in [-0.4, -0.2) is 39.0 Å². The van der Waals surface area contributed by atoms with Crippen molar-refractivity contribution in [2.75, 3.05) is 11.9 Å². The molecule has 1 aliphatic rings. The van der Waals surface area contributed by atoms with Gasteiger partial charge in [-0.2, -0.15) is 0 Å². The zero-order valence-electron chi connectivity index (χ0n) is 15.8. The predicted octanol–water partition coefficient (Wildman–Crippen LogP) is 3.56. The molecule has 2 aromatic rings. The van der Waals surface area contributed by atoms with Crippen molar-refractivity contribution in [3.63, 3.8) is 0 Å². The van der Waals surface area contributed by atoms with Crippen molar-refractivity contribution in [3.05, 3.63) is 40.9 Å². The molecule has 8 heteroatoms. The number of nitrogens with zero attached hydrogens (tertiary/aromatic N) is 3. The van der Waals surface area contributed by atoms with Crippen LogP contribution in [0.15, 0.2) is 30.3 Å². The summed E-state index contributed by atoms with van der Waals surface area (Å²) in [5, 5.41) is 12.4. The molecule has 0 aliphatic carbocycles. The van der Waals surface area contributed by atoms with Crippen LogP contribution >= 0.6 is 23.1 Å². The summed E-state index contributed by atoms with van der Waals surface area (Å²) in [6.07, 6.45) is 0.252. The highest BCUT2D eigenvalue weighted by molar-refractivity contribution is 7.97. The first kappa shape index (κ1) is 19.8. The molecule has 1 aromatic carbocycles. The first-order valence-corrected chi connectivity index (χ1v) is 10.9. The summed E-state index contributed by atoms with van der Waals surface area (Å²) in [4.78, 5) is 26.4. The Morgan fingerprint density at radius 2 is 2.00 bits per heavy atom. The minimum Gasteiger partial charge on any atom is -0.337 e. The van der Waals surface area contributed by atoms with E-state index in [-0.39, 0.29) is 29.7 Å². The summed E-state index contributed by atoms with van der Waals surface area (Å²) in [6.45, 7) is 6.40. The summed E-state index contributed by atoms with van der Waals surface area (Å²) < 4.78 is 0. The van der Waals surface area contributed by atoms with Crippen LogP contribution in [0.25, 0.3) is 0 Å². The number of benzene rings is 1. The standard InChI is InChI=1S/C19H24N4O2S2/c1-19(2,3)23-10-14(9-16(23)24)17(25)20-18-22-21-15(27-18)12-26-11-13-7-5-4-6-8-13/h4-8,14H,9-12H2,1-3H3,(H,20,22,25)/t14-/m0/s1. The van der Waals surface area contributed by atoms with Crippen LogP contribution in [0, 0.1) is 5.92 Å². The molecule has 1 atom stereocenters. The van der Waals surface area contributed by atoms with Gasteiger partial charge in [-0.3, -0.25) is 9.59 Å². The molecule has 1 fully saturated rings. The quantitative estimate of drug-likeness (QED) is 0.797. The van der Waals surface area contributed by atoms with Crippen LogP contribution in [-0.2, 0) is 21.1 Å². The van der Waals surface area contributed by atoms with E-state index in [2.05, 4.69) is 27.6 Å². The van der Waals surface area contributed by atoms with Gasteiger partial charge in [0.25, 0.3) is 0 Å². The summed E-state index contributed by atoms with van der Waals surface area (Å²) in [5.41, 5.74) is 1.01. The number of carbonyl (C=O) groups is 2. The Labute approximate surface area is 167 Å². The number of nitrogens with one attached hydrogen (secondary N) is 1. The Balaban J connectivity index is 1.49. The fourth-order valence-corrected chi connectivity index (χ4v) is 4.72. The van der Waals surface area contributed by atoms with Crippen molar-refractivity contribution < 1.29 is 9.59 Å². The van der Waals surface area contributed by atoms with Gasteiger partial charge in [0, 0.05) is 30.0 Å². The molecule has 0 unspecified atom stereocenters. The molecular weight excluding hydrogens is 380 g/mol. The van der Waals surface area contributed by atoms with E-state index in [1.54, 1.807) is 16.7 Å². The SMILES string of the molecule is CC(C)(C)N1C[C@@H](C(=O)Nc2nnc(CSCc3ccccc3)s2)CC1=O. The lowest BCUT2D eigenvalue weighted by Crippen LogP contribution is -2.42. The third-order valence-corrected chi connectivity index (χ3v) is 6.38. The Bertz CT molecular complexity index is 802. The topological polar surface area (TPSA) is 75.2 Å². The predicted molar refractivity (Wildman–Crippen MR) is 110 cm³/mol. The maximum Gasteiger partial charge on any atom is 0.231 e. The third-order valence-electron chi connectivity index (χ3n) is 4.34. The fourth-order valence-electron chi connectivity index (χ4n) is 2.93. The van der Waals surface area contributed by atoms with Crippen molar-refractivity contribution in [1.29, 1.82) is 0 Å². The average Bonchev–Trinajstić information content (AvgIpc) is 3.22. The Kier molecular flexibility index (Phi) is 6.16. The van der Waals surface area contributed by atoms with Gasteiger partial charge in [-0.1, -0.05) is 41.7 Å². The molecule has 6 nitrogen and oxygen atoms in total. The number of thioether (sulfide) groups is 1. The molecule has 2 amide bonds. The highest BCUT2D eigenvalue weighted by Gasteiger charge is 2.39. The zero-order valence-corrected chi connectivity index (χ0v) is 17.4. The first-order valence-electron chi connectivity index (χ1n) is 8.88. The minimum absolute atomic E-state index is 0.0258. The van der Waals surface area contributed by atoms with E-state index in [0.29, 0.717) is 11.7 Å². The van der Waals surface area contributed by atoms with E-state index in [4.69, 9.17) is 0 Å². The highest BCUT2D eigenvalue weighted by Crippen LogP contribution is 2.28. The first-order chi connectivity index (χ1) is 12.8. The monoisotopic (exact) mass is 404 g/mol. The Morgan fingerprint density at radius 3 is 2.67 bits per heavy atom. The highest BCUT2D eigenvalue weighted by atomic mass is 32.2. The molecule has 1 aromatic heterocycles. The molecule has 0 spiro atoms. The van der Waals surface area contributed by atoms with Gasteiger partial charge in [-0.05, 0) is 26.3 Å². The summed E-state index contributed by atoms with van der Waals surface area (Å²) in [6, 6.07) is 10.3. The van der Waals surface area contributed by atoms with Crippen LogP contribution < -0.4 is 5.32 Å². The van der Waals surface area contributed by atoms with Gasteiger partial charge in [0.1, 0.15) is 5.01 Å². The van der Waals surface area contributed by atoms with Crippen molar-refractivity contribution in [2.24, 2.45) is 5.92 Å². The maximum atomic E-state index is 12.5. The Hall–Kier alpha value is -1.93. The number of likely N-dealkylation sites (tertiary alicyclic amines) is 1. The third kappa shape index (κ3) is 5.29. The molecule has 3 rings (SSSR count). The van der Waals surface area contributed by atoms with Gasteiger partial charge in [0.05, 0.1) is 5.92 Å². The average molecular weight is 405 g/mol. The number of anilines is 1. The summed E-state index contributed by atoms with van der Waals surface area (Å²) >= 11 is 3.15. The number of rotatable bonds is 6. The van der Waals surface area contributed by atoms with Crippen LogP contribution in [0.3, 0.4) is 0 Å². The number of hydrogen-bond acceptors (Lipinski definition) is 6. The fraction of sp³-hybridized carbons (Fsp3) is 0.474. The van der Waals surface area contributed by atoms with E-state index in [0.717, 1.165) is 16.5 Å². The molecule has 1 N–H and O–H groups in total. The van der Waals surface area contributed by atoms with Crippen molar-refractivity contribution in [2.45, 2.75) is 44.2 Å². The van der Waals surface area contributed by atoms with Crippen molar-refractivity contribution in [1.82, 2.24) is 15.1 Å². The molecule has 1 saturated heterocycles. The largest absolute Gasteiger partial charge is 0.337 e. The van der Waals surface area contributed by atoms with Gasteiger partial charge in [0.15, 0.2) is 0 Å². The van der Waals surface area contributed by atoms with E-state index >= 15 is 0 Å². The number of carbonyl (C=O) groups excluding carboxylic acids is 2. The minimum atomic E-state index is -0.337. The summed E-state index contributed by atoms with van der Waals surface area (Å²) in [5.74, 6) is 1.20. The Morgan fingerprint density at radius 1 is 1.26 bits per heavy atom. The second-order valence-corrected chi connectivity index (χ2v) is 9.59. The normalized spacial score (nSPS) is 17.4. The van der Waals surface area contributed by atoms with Crippen molar-refractivity contribution in [3.8, 4) is 0 Å². The molecular formula is C19H24N4O2S2. The molecule has 0 radical (unpaired) electrons. The van der Waals surface area contributed by atoms with E-state index < -0.39 is 0 Å². The van der Waals surface area contributed by atoms with Gasteiger partial charge < -0.3 is 10.2 Å². The lowest BCUT2D eigenvalue weighted by Gasteiger charge is -2.31. The smallest absolute Gasteiger partial charge is 0.231 e. The molecule has 27 heavy (non-hydrogen) atoms. The zero-order chi connectivity index (χ0) is 19.4. The molecule has 0 saturated carbocycles. The van der Waals surface area contributed by atoms with Gasteiger partial charge >= 0.3 is 0 Å². The molecule has 2 heterocycles. The van der Waals surface area contributed by atoms with E-state index in [1.807, 2.05) is 39.0 Å². The maximum absolute atomic E-state index is 12.5. The van der Waals surface area contributed by atoms with Crippen LogP contribution in [0.5, 0.6) is 0 Å². The molecule has 0 bridgehead atoms. The van der Waals surface area contributed by atoms with Gasteiger partial charge in [-0.25, -0.2) is 0 Å². The van der Waals surface area contributed by atoms with Crippen LogP contribution in [0.1, 0.15) is 37.8 Å². The van der Waals surface area contributed by atoms with Crippen molar-refractivity contribution >= 4 is 40.0 Å². The second-order valence-electron chi connectivity index (χ2n) is 7.54. The number of hydrogen-bond donors (Lipinski definition) is 1. The van der Waals surface area contributed by atoms with E-state index in [9.17, 15) is 9.59 Å². The lowest BCUT2D eigenvalue weighted by atomic mass is 10.1. The van der Waals surface area contributed by atoms with E-state index in [1.165, 1.54) is 16.9 Å². The lowest BCUT2D eigenvalue weighted by molar-refractivity contribution is -0.131. The second kappa shape index (κ2) is 8.39.